The van der Waals surface area contributed by atoms with Crippen LogP contribution in [0, 0.1) is 0 Å². The van der Waals surface area contributed by atoms with E-state index in [2.05, 4.69) is 10.3 Å². The summed E-state index contributed by atoms with van der Waals surface area (Å²) in [5.41, 5.74) is 2.55. The van der Waals surface area contributed by atoms with Crippen LogP contribution in [-0.4, -0.2) is 42.0 Å². The number of benzene rings is 1. The molecule has 2 heterocycles. The molecule has 0 unspecified atom stereocenters. The molecule has 1 aromatic heterocycles. The van der Waals surface area contributed by atoms with Crippen molar-refractivity contribution in [2.45, 2.75) is 18.9 Å². The zero-order valence-electron chi connectivity index (χ0n) is 13.9. The van der Waals surface area contributed by atoms with E-state index < -0.39 is 0 Å². The SMILES string of the molecule is CN(C(=O)c1cncc(-c2ccc(Cl)cc2)c1)C1CCNCC1.Cl.Cl. The largest absolute Gasteiger partial charge is 0.339 e. The van der Waals surface area contributed by atoms with Crippen molar-refractivity contribution < 1.29 is 4.79 Å². The van der Waals surface area contributed by atoms with Gasteiger partial charge in [-0.3, -0.25) is 9.78 Å². The number of nitrogens with zero attached hydrogens (tertiary/aromatic N) is 2. The van der Waals surface area contributed by atoms with Crippen LogP contribution in [0.2, 0.25) is 5.02 Å². The average Bonchev–Trinajstić information content (AvgIpc) is 2.62. The Morgan fingerprint density at radius 2 is 1.76 bits per heavy atom. The smallest absolute Gasteiger partial charge is 0.255 e. The molecule has 1 aliphatic rings. The van der Waals surface area contributed by atoms with E-state index in [-0.39, 0.29) is 30.7 Å². The number of rotatable bonds is 3. The van der Waals surface area contributed by atoms with Gasteiger partial charge in [-0.15, -0.1) is 24.8 Å². The highest BCUT2D eigenvalue weighted by molar-refractivity contribution is 6.30. The highest BCUT2D eigenvalue weighted by Crippen LogP contribution is 2.22. The fraction of sp³-hybridized carbons (Fsp3) is 0.333. The Kier molecular flexibility index (Phi) is 8.66. The van der Waals surface area contributed by atoms with E-state index in [4.69, 9.17) is 11.6 Å². The summed E-state index contributed by atoms with van der Waals surface area (Å²) < 4.78 is 0. The van der Waals surface area contributed by atoms with Gasteiger partial charge in [0.1, 0.15) is 0 Å². The first kappa shape index (κ1) is 21.7. The quantitative estimate of drug-likeness (QED) is 0.841. The molecule has 1 aromatic carbocycles. The number of carbonyl (C=O) groups is 1. The zero-order chi connectivity index (χ0) is 16.2. The summed E-state index contributed by atoms with van der Waals surface area (Å²) in [6.07, 6.45) is 5.39. The maximum Gasteiger partial charge on any atom is 0.255 e. The molecule has 2 aromatic rings. The number of nitrogens with one attached hydrogen (secondary N) is 1. The van der Waals surface area contributed by atoms with Gasteiger partial charge in [0, 0.05) is 36.1 Å². The molecule has 1 amide bonds. The van der Waals surface area contributed by atoms with E-state index in [9.17, 15) is 4.79 Å². The third kappa shape index (κ3) is 5.32. The van der Waals surface area contributed by atoms with Crippen LogP contribution in [0.1, 0.15) is 23.2 Å². The number of amides is 1. The number of hydrogen-bond acceptors (Lipinski definition) is 3. The number of hydrogen-bond donors (Lipinski definition) is 1. The Labute approximate surface area is 165 Å². The summed E-state index contributed by atoms with van der Waals surface area (Å²) >= 11 is 5.93. The third-order valence-electron chi connectivity index (χ3n) is 4.34. The zero-order valence-corrected chi connectivity index (χ0v) is 16.3. The molecule has 25 heavy (non-hydrogen) atoms. The van der Waals surface area contributed by atoms with Crippen LogP contribution in [0.15, 0.2) is 42.7 Å². The Balaban J connectivity index is 0.00000156. The van der Waals surface area contributed by atoms with Crippen molar-refractivity contribution in [1.82, 2.24) is 15.2 Å². The second-order valence-electron chi connectivity index (χ2n) is 5.87. The minimum atomic E-state index is 0. The molecule has 0 spiro atoms. The lowest BCUT2D eigenvalue weighted by atomic mass is 10.0. The fourth-order valence-corrected chi connectivity index (χ4v) is 3.05. The normalized spacial score (nSPS) is 14.2. The number of carbonyl (C=O) groups excluding carboxylic acids is 1. The van der Waals surface area contributed by atoms with E-state index in [0.717, 1.165) is 37.1 Å². The predicted octanol–water partition coefficient (Wildman–Crippen LogP) is 4.07. The Hall–Kier alpha value is -1.33. The highest BCUT2D eigenvalue weighted by atomic mass is 35.5. The molecule has 0 saturated carbocycles. The van der Waals surface area contributed by atoms with Crippen molar-refractivity contribution in [2.75, 3.05) is 20.1 Å². The van der Waals surface area contributed by atoms with E-state index in [1.165, 1.54) is 0 Å². The summed E-state index contributed by atoms with van der Waals surface area (Å²) in [4.78, 5) is 18.8. The maximum atomic E-state index is 12.7. The van der Waals surface area contributed by atoms with E-state index in [0.29, 0.717) is 16.6 Å². The van der Waals surface area contributed by atoms with Gasteiger partial charge in [-0.1, -0.05) is 23.7 Å². The predicted molar refractivity (Wildman–Crippen MR) is 107 cm³/mol. The van der Waals surface area contributed by atoms with Gasteiger partial charge in [0.15, 0.2) is 0 Å². The molecule has 4 nitrogen and oxygen atoms in total. The molecule has 0 aliphatic carbocycles. The van der Waals surface area contributed by atoms with Gasteiger partial charge in [0.2, 0.25) is 0 Å². The van der Waals surface area contributed by atoms with Gasteiger partial charge in [0.25, 0.3) is 5.91 Å². The maximum absolute atomic E-state index is 12.7. The van der Waals surface area contributed by atoms with Crippen molar-refractivity contribution in [2.24, 2.45) is 0 Å². The van der Waals surface area contributed by atoms with Gasteiger partial charge in [-0.25, -0.2) is 0 Å². The minimum Gasteiger partial charge on any atom is -0.339 e. The molecule has 0 atom stereocenters. The number of halogens is 3. The van der Waals surface area contributed by atoms with E-state index >= 15 is 0 Å². The fourth-order valence-electron chi connectivity index (χ4n) is 2.92. The van der Waals surface area contributed by atoms with E-state index in [1.807, 2.05) is 42.3 Å². The molecular formula is C18H22Cl3N3O. The van der Waals surface area contributed by atoms with Gasteiger partial charge in [0.05, 0.1) is 5.56 Å². The van der Waals surface area contributed by atoms with Crippen LogP contribution < -0.4 is 5.32 Å². The van der Waals surface area contributed by atoms with Crippen molar-refractivity contribution in [3.05, 3.63) is 53.3 Å². The highest BCUT2D eigenvalue weighted by Gasteiger charge is 2.23. The second kappa shape index (κ2) is 9.97. The van der Waals surface area contributed by atoms with Crippen LogP contribution in [0.25, 0.3) is 11.1 Å². The van der Waals surface area contributed by atoms with Crippen molar-refractivity contribution in [1.29, 1.82) is 0 Å². The van der Waals surface area contributed by atoms with Gasteiger partial charge < -0.3 is 10.2 Å². The van der Waals surface area contributed by atoms with Gasteiger partial charge in [-0.05, 0) is 49.7 Å². The average molecular weight is 403 g/mol. The van der Waals surface area contributed by atoms with Crippen molar-refractivity contribution in [3.8, 4) is 11.1 Å². The molecule has 7 heteroatoms. The molecule has 1 fully saturated rings. The lowest BCUT2D eigenvalue weighted by molar-refractivity contribution is 0.0703. The molecule has 136 valence electrons. The molecule has 0 radical (unpaired) electrons. The summed E-state index contributed by atoms with van der Waals surface area (Å²) in [5, 5.41) is 4.02. The topological polar surface area (TPSA) is 45.2 Å². The number of piperidine rings is 1. The summed E-state index contributed by atoms with van der Waals surface area (Å²) in [6.45, 7) is 1.93. The lowest BCUT2D eigenvalue weighted by Gasteiger charge is -2.31. The molecule has 0 bridgehead atoms. The Bertz CT molecular complexity index is 688. The standard InChI is InChI=1S/C18H20ClN3O.2ClH/c1-22(17-6-8-20-9-7-17)18(23)15-10-14(11-21-12-15)13-2-4-16(19)5-3-13;;/h2-5,10-12,17,20H,6-9H2,1H3;2*1H. The third-order valence-corrected chi connectivity index (χ3v) is 4.59. The summed E-state index contributed by atoms with van der Waals surface area (Å²) in [5.74, 6) is 0.0280. The Morgan fingerprint density at radius 3 is 2.40 bits per heavy atom. The molecular weight excluding hydrogens is 381 g/mol. The van der Waals surface area contributed by atoms with Crippen molar-refractivity contribution >= 4 is 42.3 Å². The van der Waals surface area contributed by atoms with Crippen LogP contribution in [-0.2, 0) is 0 Å². The van der Waals surface area contributed by atoms with Crippen LogP contribution in [0.3, 0.4) is 0 Å². The van der Waals surface area contributed by atoms with Crippen LogP contribution >= 0.6 is 36.4 Å². The summed E-state index contributed by atoms with van der Waals surface area (Å²) in [6, 6.07) is 9.74. The second-order valence-corrected chi connectivity index (χ2v) is 6.30. The first-order chi connectivity index (χ1) is 11.1. The van der Waals surface area contributed by atoms with Crippen LogP contribution in [0.4, 0.5) is 0 Å². The molecule has 1 N–H and O–H groups in total. The minimum absolute atomic E-state index is 0. The Morgan fingerprint density at radius 1 is 1.12 bits per heavy atom. The number of aromatic nitrogens is 1. The lowest BCUT2D eigenvalue weighted by Crippen LogP contribution is -2.44. The number of pyridine rings is 1. The van der Waals surface area contributed by atoms with E-state index in [1.54, 1.807) is 12.4 Å². The molecule has 3 rings (SSSR count). The van der Waals surface area contributed by atoms with Gasteiger partial charge >= 0.3 is 0 Å². The van der Waals surface area contributed by atoms with Gasteiger partial charge in [-0.2, -0.15) is 0 Å². The first-order valence-corrected chi connectivity index (χ1v) is 8.22. The van der Waals surface area contributed by atoms with Crippen LogP contribution in [0.5, 0.6) is 0 Å². The van der Waals surface area contributed by atoms with Crippen molar-refractivity contribution in [3.63, 3.8) is 0 Å². The molecule has 1 aliphatic heterocycles. The monoisotopic (exact) mass is 401 g/mol. The molecule has 1 saturated heterocycles. The summed E-state index contributed by atoms with van der Waals surface area (Å²) in [7, 11) is 1.88. The first-order valence-electron chi connectivity index (χ1n) is 7.84.